The monoisotopic (exact) mass is 370 g/mol. The predicted molar refractivity (Wildman–Crippen MR) is 84.0 cm³/mol. The van der Waals surface area contributed by atoms with E-state index in [1.165, 1.54) is 0 Å². The normalized spacial score (nSPS) is 13.9. The number of ether oxygens (including phenoxy) is 2. The van der Waals surface area contributed by atoms with Crippen LogP contribution >= 0.6 is 0 Å². The van der Waals surface area contributed by atoms with Gasteiger partial charge < -0.3 is 24.8 Å². The van der Waals surface area contributed by atoms with E-state index >= 15 is 0 Å². The molecule has 1 aromatic carbocycles. The predicted octanol–water partition coefficient (Wildman–Crippen LogP) is 0.425. The molecule has 0 saturated heterocycles. The second-order valence-electron chi connectivity index (χ2n) is 5.20. The molecule has 0 spiro atoms. The fraction of sp³-hybridized carbons (Fsp3) is 0.312. The zero-order valence-electron chi connectivity index (χ0n) is 14.0. The number of esters is 2. The molecule has 0 saturated carbocycles. The Bertz CT molecular complexity index is 793. The fourth-order valence-electron chi connectivity index (χ4n) is 2.43. The molecule has 1 heterocycles. The van der Waals surface area contributed by atoms with Gasteiger partial charge in [-0.25, -0.2) is 18.4 Å². The van der Waals surface area contributed by atoms with Gasteiger partial charge in [0.05, 0.1) is 44.2 Å². The van der Waals surface area contributed by atoms with Crippen LogP contribution in [0.2, 0.25) is 0 Å². The summed E-state index contributed by atoms with van der Waals surface area (Å²) in [6, 6.07) is 1.72. The molecule has 0 fully saturated rings. The smallest absolute Gasteiger partial charge is 0.340 e. The van der Waals surface area contributed by atoms with E-state index in [0.717, 1.165) is 31.3 Å². The SMILES string of the molecule is COC(=O)C1=C(Nc2c(C(=O)OC)ccc(F)c2F)C(=O)N(CCO)C1. The quantitative estimate of drug-likeness (QED) is 0.700. The van der Waals surface area contributed by atoms with Crippen molar-refractivity contribution in [1.82, 2.24) is 4.90 Å². The number of carbonyl (C=O) groups is 3. The van der Waals surface area contributed by atoms with Crippen molar-refractivity contribution < 1.29 is 37.7 Å². The molecular weight excluding hydrogens is 354 g/mol. The molecule has 1 amide bonds. The molecule has 0 atom stereocenters. The van der Waals surface area contributed by atoms with Gasteiger partial charge in [-0.2, -0.15) is 0 Å². The molecule has 0 aliphatic carbocycles. The van der Waals surface area contributed by atoms with E-state index in [-0.39, 0.29) is 36.5 Å². The van der Waals surface area contributed by atoms with Crippen LogP contribution in [0.25, 0.3) is 0 Å². The highest BCUT2D eigenvalue weighted by atomic mass is 19.2. The van der Waals surface area contributed by atoms with Gasteiger partial charge in [-0.05, 0) is 12.1 Å². The zero-order chi connectivity index (χ0) is 19.4. The second-order valence-corrected chi connectivity index (χ2v) is 5.20. The Morgan fingerprint density at radius 3 is 2.46 bits per heavy atom. The summed E-state index contributed by atoms with van der Waals surface area (Å²) in [5.41, 5.74) is -1.53. The van der Waals surface area contributed by atoms with Crippen molar-refractivity contribution >= 4 is 23.5 Å². The number of aliphatic hydroxyl groups excluding tert-OH is 1. The molecule has 0 radical (unpaired) electrons. The van der Waals surface area contributed by atoms with E-state index in [0.29, 0.717) is 0 Å². The summed E-state index contributed by atoms with van der Waals surface area (Å²) in [5, 5.41) is 11.3. The summed E-state index contributed by atoms with van der Waals surface area (Å²) < 4.78 is 37.0. The highest BCUT2D eigenvalue weighted by molar-refractivity contribution is 6.09. The maximum absolute atomic E-state index is 14.2. The number of hydrogen-bond donors (Lipinski definition) is 2. The maximum Gasteiger partial charge on any atom is 0.340 e. The Morgan fingerprint density at radius 1 is 1.23 bits per heavy atom. The standard InChI is InChI=1S/C16H16F2N2O6/c1-25-15(23)8-3-4-10(17)11(18)12(8)19-13-9(16(24)26-2)7-20(5-6-21)14(13)22/h3-4,19,21H,5-7H2,1-2H3. The molecule has 140 valence electrons. The third-order valence-corrected chi connectivity index (χ3v) is 3.70. The van der Waals surface area contributed by atoms with Crippen LogP contribution in [0, 0.1) is 11.6 Å². The van der Waals surface area contributed by atoms with Gasteiger partial charge in [0.2, 0.25) is 0 Å². The lowest BCUT2D eigenvalue weighted by Gasteiger charge is -2.16. The van der Waals surface area contributed by atoms with E-state index in [1.54, 1.807) is 0 Å². The van der Waals surface area contributed by atoms with E-state index in [2.05, 4.69) is 14.8 Å². The summed E-state index contributed by atoms with van der Waals surface area (Å²) in [4.78, 5) is 37.3. The summed E-state index contributed by atoms with van der Waals surface area (Å²) in [6.45, 7) is -0.645. The number of aliphatic hydroxyl groups is 1. The van der Waals surface area contributed by atoms with E-state index in [1.807, 2.05) is 0 Å². The summed E-state index contributed by atoms with van der Waals surface area (Å²) >= 11 is 0. The highest BCUT2D eigenvalue weighted by Crippen LogP contribution is 2.28. The van der Waals surface area contributed by atoms with Gasteiger partial charge in [0, 0.05) is 6.54 Å². The molecule has 2 N–H and O–H groups in total. The third kappa shape index (κ3) is 3.49. The molecule has 1 aliphatic rings. The average Bonchev–Trinajstić information content (AvgIpc) is 2.94. The van der Waals surface area contributed by atoms with Gasteiger partial charge in [-0.15, -0.1) is 0 Å². The van der Waals surface area contributed by atoms with Crippen molar-refractivity contribution in [3.8, 4) is 0 Å². The summed E-state index contributed by atoms with van der Waals surface area (Å²) in [5.74, 6) is -5.25. The summed E-state index contributed by atoms with van der Waals surface area (Å²) in [6.07, 6.45) is 0. The van der Waals surface area contributed by atoms with Gasteiger partial charge in [-0.1, -0.05) is 0 Å². The van der Waals surface area contributed by atoms with Crippen molar-refractivity contribution in [3.05, 3.63) is 40.6 Å². The molecule has 8 nitrogen and oxygen atoms in total. The molecule has 0 unspecified atom stereocenters. The van der Waals surface area contributed by atoms with Crippen molar-refractivity contribution in [1.29, 1.82) is 0 Å². The Morgan fingerprint density at radius 2 is 1.88 bits per heavy atom. The number of methoxy groups -OCH3 is 2. The minimum Gasteiger partial charge on any atom is -0.466 e. The van der Waals surface area contributed by atoms with Crippen molar-refractivity contribution in [3.63, 3.8) is 0 Å². The Kier molecular flexibility index (Phi) is 5.88. The van der Waals surface area contributed by atoms with Gasteiger partial charge in [-0.3, -0.25) is 4.79 Å². The number of nitrogens with zero attached hydrogens (tertiary/aromatic N) is 1. The van der Waals surface area contributed by atoms with Crippen molar-refractivity contribution in [2.24, 2.45) is 0 Å². The number of β-amino-alcohol motifs (C(OH)–C–C–N with tert-alkyl or cyclic N) is 1. The maximum atomic E-state index is 14.2. The lowest BCUT2D eigenvalue weighted by Crippen LogP contribution is -2.31. The molecule has 10 heteroatoms. The summed E-state index contributed by atoms with van der Waals surface area (Å²) in [7, 11) is 2.14. The van der Waals surface area contributed by atoms with Crippen LogP contribution < -0.4 is 5.32 Å². The van der Waals surface area contributed by atoms with Gasteiger partial charge in [0.15, 0.2) is 11.6 Å². The molecule has 26 heavy (non-hydrogen) atoms. The lowest BCUT2D eigenvalue weighted by molar-refractivity contribution is -0.136. The van der Waals surface area contributed by atoms with Crippen LogP contribution in [0.1, 0.15) is 10.4 Å². The number of hydrogen-bond acceptors (Lipinski definition) is 7. The third-order valence-electron chi connectivity index (χ3n) is 3.70. The molecule has 0 bridgehead atoms. The largest absolute Gasteiger partial charge is 0.466 e. The Hall–Kier alpha value is -3.01. The lowest BCUT2D eigenvalue weighted by atomic mass is 10.1. The molecule has 0 aromatic heterocycles. The Labute approximate surface area is 147 Å². The molecule has 2 rings (SSSR count). The molecular formula is C16H16F2N2O6. The first-order valence-corrected chi connectivity index (χ1v) is 7.40. The van der Waals surface area contributed by atoms with Gasteiger partial charge in [0.1, 0.15) is 5.70 Å². The number of nitrogens with one attached hydrogen (secondary N) is 1. The zero-order valence-corrected chi connectivity index (χ0v) is 14.0. The Balaban J connectivity index is 2.53. The van der Waals surface area contributed by atoms with Crippen LogP contribution in [-0.2, 0) is 19.1 Å². The van der Waals surface area contributed by atoms with E-state index in [9.17, 15) is 23.2 Å². The van der Waals surface area contributed by atoms with Crippen molar-refractivity contribution in [2.45, 2.75) is 0 Å². The van der Waals surface area contributed by atoms with Crippen LogP contribution in [0.4, 0.5) is 14.5 Å². The second kappa shape index (κ2) is 7.91. The van der Waals surface area contributed by atoms with Gasteiger partial charge in [0.25, 0.3) is 5.91 Å². The molecule has 1 aromatic rings. The minimum absolute atomic E-state index is 0.0833. The number of carbonyl (C=O) groups excluding carboxylic acids is 3. The van der Waals surface area contributed by atoms with Crippen LogP contribution in [0.15, 0.2) is 23.4 Å². The molecule has 1 aliphatic heterocycles. The first-order chi connectivity index (χ1) is 12.3. The van der Waals surface area contributed by atoms with Crippen LogP contribution in [0.5, 0.6) is 0 Å². The van der Waals surface area contributed by atoms with Crippen LogP contribution in [0.3, 0.4) is 0 Å². The average molecular weight is 370 g/mol. The number of halogens is 2. The minimum atomic E-state index is -1.42. The fourth-order valence-corrected chi connectivity index (χ4v) is 2.43. The number of amides is 1. The number of anilines is 1. The topological polar surface area (TPSA) is 105 Å². The van der Waals surface area contributed by atoms with Crippen molar-refractivity contribution in [2.75, 3.05) is 39.2 Å². The van der Waals surface area contributed by atoms with Gasteiger partial charge >= 0.3 is 11.9 Å². The first-order valence-electron chi connectivity index (χ1n) is 7.40. The van der Waals surface area contributed by atoms with Crippen LogP contribution in [-0.4, -0.2) is 61.8 Å². The number of benzene rings is 1. The number of rotatable bonds is 6. The first kappa shape index (κ1) is 19.3. The van der Waals surface area contributed by atoms with E-state index < -0.39 is 35.2 Å². The van der Waals surface area contributed by atoms with E-state index in [4.69, 9.17) is 5.11 Å². The highest BCUT2D eigenvalue weighted by Gasteiger charge is 2.35.